The van der Waals surface area contributed by atoms with Crippen LogP contribution < -0.4 is 20.1 Å². The number of ether oxygens (including phenoxy) is 3. The second kappa shape index (κ2) is 6.91. The molecule has 1 amide bonds. The maximum atomic E-state index is 12.1. The number of hydrogen-bond donors (Lipinski definition) is 2. The number of carbonyl (C=O) groups excluding carboxylic acids is 2. The average molecular weight is 328 g/mol. The SMILES string of the molecule is COC(=O)c1ccccc1NCC(=O)Nc1ccc2c(c1)OCO2. The van der Waals surface area contributed by atoms with Crippen LogP contribution in [0.4, 0.5) is 11.4 Å². The fraction of sp³-hybridized carbons (Fsp3) is 0.176. The highest BCUT2D eigenvalue weighted by atomic mass is 16.7. The fourth-order valence-electron chi connectivity index (χ4n) is 2.28. The zero-order chi connectivity index (χ0) is 16.9. The molecule has 0 bridgehead atoms. The molecule has 0 radical (unpaired) electrons. The molecule has 2 aromatic rings. The first kappa shape index (κ1) is 15.7. The van der Waals surface area contributed by atoms with Crippen LogP contribution in [-0.2, 0) is 9.53 Å². The van der Waals surface area contributed by atoms with Crippen molar-refractivity contribution in [1.29, 1.82) is 0 Å². The van der Waals surface area contributed by atoms with Gasteiger partial charge in [0.1, 0.15) is 0 Å². The highest BCUT2D eigenvalue weighted by Crippen LogP contribution is 2.34. The summed E-state index contributed by atoms with van der Waals surface area (Å²) in [5, 5.41) is 5.68. The molecule has 2 N–H and O–H groups in total. The summed E-state index contributed by atoms with van der Waals surface area (Å²) in [5.41, 5.74) is 1.51. The molecule has 24 heavy (non-hydrogen) atoms. The monoisotopic (exact) mass is 328 g/mol. The molecule has 1 aliphatic heterocycles. The molecule has 0 saturated heterocycles. The Labute approximate surface area is 138 Å². The van der Waals surface area contributed by atoms with Crippen molar-refractivity contribution in [3.8, 4) is 11.5 Å². The highest BCUT2D eigenvalue weighted by Gasteiger charge is 2.15. The average Bonchev–Trinajstić information content (AvgIpc) is 3.07. The molecular weight excluding hydrogens is 312 g/mol. The third-order valence-corrected chi connectivity index (χ3v) is 3.43. The maximum absolute atomic E-state index is 12.1. The third-order valence-electron chi connectivity index (χ3n) is 3.43. The summed E-state index contributed by atoms with van der Waals surface area (Å²) < 4.78 is 15.2. The summed E-state index contributed by atoms with van der Waals surface area (Å²) in [7, 11) is 1.31. The zero-order valence-electron chi connectivity index (χ0n) is 13.0. The van der Waals surface area contributed by atoms with E-state index in [-0.39, 0.29) is 19.2 Å². The van der Waals surface area contributed by atoms with Gasteiger partial charge < -0.3 is 24.8 Å². The molecule has 0 atom stereocenters. The Hall–Kier alpha value is -3.22. The Bertz CT molecular complexity index is 775. The van der Waals surface area contributed by atoms with Crippen LogP contribution in [0.5, 0.6) is 11.5 Å². The van der Waals surface area contributed by atoms with Crippen LogP contribution in [0.15, 0.2) is 42.5 Å². The minimum absolute atomic E-state index is 0.00243. The molecule has 3 rings (SSSR count). The van der Waals surface area contributed by atoms with Crippen molar-refractivity contribution in [2.24, 2.45) is 0 Å². The number of para-hydroxylation sites is 1. The molecular formula is C17H16N2O5. The van der Waals surface area contributed by atoms with Crippen LogP contribution in [-0.4, -0.2) is 32.3 Å². The van der Waals surface area contributed by atoms with Gasteiger partial charge >= 0.3 is 5.97 Å². The fourth-order valence-corrected chi connectivity index (χ4v) is 2.28. The molecule has 0 aliphatic carbocycles. The van der Waals surface area contributed by atoms with Crippen molar-refractivity contribution in [3.63, 3.8) is 0 Å². The lowest BCUT2D eigenvalue weighted by molar-refractivity contribution is -0.114. The number of carbonyl (C=O) groups is 2. The molecule has 0 spiro atoms. The summed E-state index contributed by atoms with van der Waals surface area (Å²) in [6.07, 6.45) is 0. The van der Waals surface area contributed by atoms with Crippen molar-refractivity contribution < 1.29 is 23.8 Å². The first-order valence-corrected chi connectivity index (χ1v) is 7.28. The van der Waals surface area contributed by atoms with Gasteiger partial charge in [-0.1, -0.05) is 12.1 Å². The van der Waals surface area contributed by atoms with Crippen LogP contribution in [0.25, 0.3) is 0 Å². The molecule has 0 saturated carbocycles. The minimum Gasteiger partial charge on any atom is -0.465 e. The normalized spacial score (nSPS) is 11.7. The van der Waals surface area contributed by atoms with E-state index in [1.807, 2.05) is 0 Å². The number of fused-ring (bicyclic) bond motifs is 1. The number of esters is 1. The lowest BCUT2D eigenvalue weighted by Gasteiger charge is -2.11. The van der Waals surface area contributed by atoms with Crippen LogP contribution in [0.1, 0.15) is 10.4 Å². The van der Waals surface area contributed by atoms with Crippen LogP contribution in [0.2, 0.25) is 0 Å². The summed E-state index contributed by atoms with van der Waals surface area (Å²) in [6.45, 7) is 0.182. The van der Waals surface area contributed by atoms with E-state index in [2.05, 4.69) is 10.6 Å². The van der Waals surface area contributed by atoms with Crippen molar-refractivity contribution in [3.05, 3.63) is 48.0 Å². The quantitative estimate of drug-likeness (QED) is 0.819. The van der Waals surface area contributed by atoms with Crippen molar-refractivity contribution in [1.82, 2.24) is 0 Å². The summed E-state index contributed by atoms with van der Waals surface area (Å²) in [6, 6.07) is 12.0. The van der Waals surface area contributed by atoms with Gasteiger partial charge in [-0.2, -0.15) is 0 Å². The topological polar surface area (TPSA) is 85.9 Å². The van der Waals surface area contributed by atoms with E-state index < -0.39 is 5.97 Å². The lowest BCUT2D eigenvalue weighted by atomic mass is 10.2. The second-order valence-electron chi connectivity index (χ2n) is 5.01. The third kappa shape index (κ3) is 3.40. The van der Waals surface area contributed by atoms with Gasteiger partial charge in [0.2, 0.25) is 12.7 Å². The van der Waals surface area contributed by atoms with E-state index in [0.29, 0.717) is 28.4 Å². The van der Waals surface area contributed by atoms with Crippen LogP contribution in [0.3, 0.4) is 0 Å². The van der Waals surface area contributed by atoms with Crippen LogP contribution in [0, 0.1) is 0 Å². The Morgan fingerprint density at radius 3 is 2.75 bits per heavy atom. The summed E-state index contributed by atoms with van der Waals surface area (Å²) in [5.74, 6) is 0.526. The van der Waals surface area contributed by atoms with E-state index in [0.717, 1.165) is 0 Å². The lowest BCUT2D eigenvalue weighted by Crippen LogP contribution is -2.22. The molecule has 124 valence electrons. The molecule has 0 aromatic heterocycles. The van der Waals surface area contributed by atoms with E-state index in [1.165, 1.54) is 7.11 Å². The molecule has 1 heterocycles. The van der Waals surface area contributed by atoms with Gasteiger partial charge in [-0.25, -0.2) is 4.79 Å². The van der Waals surface area contributed by atoms with E-state index in [4.69, 9.17) is 14.2 Å². The van der Waals surface area contributed by atoms with Gasteiger partial charge in [0.25, 0.3) is 0 Å². The zero-order valence-corrected chi connectivity index (χ0v) is 13.0. The Kier molecular flexibility index (Phi) is 4.51. The number of anilines is 2. The predicted octanol–water partition coefficient (Wildman–Crippen LogP) is 2.25. The molecule has 0 unspecified atom stereocenters. The molecule has 0 fully saturated rings. The summed E-state index contributed by atoms with van der Waals surface area (Å²) >= 11 is 0. The van der Waals surface area contributed by atoms with Crippen molar-refractivity contribution in [2.75, 3.05) is 31.1 Å². The largest absolute Gasteiger partial charge is 0.465 e. The van der Waals surface area contributed by atoms with Crippen molar-refractivity contribution >= 4 is 23.3 Å². The van der Waals surface area contributed by atoms with Gasteiger partial charge in [-0.05, 0) is 24.3 Å². The maximum Gasteiger partial charge on any atom is 0.339 e. The van der Waals surface area contributed by atoms with Gasteiger partial charge in [-0.3, -0.25) is 4.79 Å². The first-order valence-electron chi connectivity index (χ1n) is 7.28. The molecule has 7 nitrogen and oxygen atoms in total. The second-order valence-corrected chi connectivity index (χ2v) is 5.01. The van der Waals surface area contributed by atoms with Crippen molar-refractivity contribution in [2.45, 2.75) is 0 Å². The standard InChI is InChI=1S/C17H16N2O5/c1-22-17(21)12-4-2-3-5-13(12)18-9-16(20)19-11-6-7-14-15(8-11)24-10-23-14/h2-8,18H,9-10H2,1H3,(H,19,20). The Balaban J connectivity index is 1.61. The molecule has 2 aromatic carbocycles. The Morgan fingerprint density at radius 1 is 1.12 bits per heavy atom. The van der Waals surface area contributed by atoms with Gasteiger partial charge in [0.15, 0.2) is 11.5 Å². The number of amides is 1. The number of hydrogen-bond acceptors (Lipinski definition) is 6. The number of nitrogens with one attached hydrogen (secondary N) is 2. The van der Waals surface area contributed by atoms with Gasteiger partial charge in [0, 0.05) is 17.4 Å². The molecule has 7 heteroatoms. The van der Waals surface area contributed by atoms with E-state index in [1.54, 1.807) is 42.5 Å². The van der Waals surface area contributed by atoms with E-state index >= 15 is 0 Å². The summed E-state index contributed by atoms with van der Waals surface area (Å²) in [4.78, 5) is 23.8. The highest BCUT2D eigenvalue weighted by molar-refractivity contribution is 5.98. The first-order chi connectivity index (χ1) is 11.7. The number of benzene rings is 2. The predicted molar refractivity (Wildman–Crippen MR) is 87.5 cm³/mol. The minimum atomic E-state index is -0.464. The van der Waals surface area contributed by atoms with Gasteiger partial charge in [-0.15, -0.1) is 0 Å². The number of methoxy groups -OCH3 is 1. The number of rotatable bonds is 5. The van der Waals surface area contributed by atoms with E-state index in [9.17, 15) is 9.59 Å². The molecule has 1 aliphatic rings. The smallest absolute Gasteiger partial charge is 0.339 e. The van der Waals surface area contributed by atoms with Crippen LogP contribution >= 0.6 is 0 Å². The van der Waals surface area contributed by atoms with Gasteiger partial charge in [0.05, 0.1) is 19.2 Å². The Morgan fingerprint density at radius 2 is 1.92 bits per heavy atom.